The predicted molar refractivity (Wildman–Crippen MR) is 125 cm³/mol. The molecule has 4 rings (SSSR count). The smallest absolute Gasteiger partial charge is 0.208 e. The van der Waals surface area contributed by atoms with Crippen molar-refractivity contribution >= 4 is 28.0 Å². The molecule has 0 aliphatic carbocycles. The van der Waals surface area contributed by atoms with Crippen LogP contribution in [0.25, 0.3) is 16.5 Å². The van der Waals surface area contributed by atoms with E-state index < -0.39 is 17.5 Å². The number of aromatic amines is 1. The van der Waals surface area contributed by atoms with Crippen LogP contribution in [0, 0.1) is 24.2 Å². The lowest BCUT2D eigenvalue weighted by Gasteiger charge is -2.17. The Balaban J connectivity index is 1.88. The number of carbonyl (C=O) groups excluding carboxylic acids is 2. The highest BCUT2D eigenvalue weighted by Crippen LogP contribution is 2.31. The van der Waals surface area contributed by atoms with Gasteiger partial charge in [0.05, 0.1) is 11.8 Å². The van der Waals surface area contributed by atoms with Crippen molar-refractivity contribution in [3.05, 3.63) is 113 Å². The molecule has 1 atom stereocenters. The number of nitrogens with two attached hydrogens (primary N) is 1. The van der Waals surface area contributed by atoms with Crippen molar-refractivity contribution < 1.29 is 9.59 Å². The third kappa shape index (κ3) is 3.82. The van der Waals surface area contributed by atoms with E-state index in [0.717, 1.165) is 11.1 Å². The Bertz CT molecular complexity index is 1370. The summed E-state index contributed by atoms with van der Waals surface area (Å²) < 4.78 is 0. The van der Waals surface area contributed by atoms with E-state index in [1.807, 2.05) is 43.3 Å². The van der Waals surface area contributed by atoms with Gasteiger partial charge in [-0.2, -0.15) is 5.26 Å². The van der Waals surface area contributed by atoms with Crippen LogP contribution in [-0.2, 0) is 0 Å². The molecule has 0 aliphatic heterocycles. The maximum Gasteiger partial charge on any atom is 0.208 e. The summed E-state index contributed by atoms with van der Waals surface area (Å²) in [5.74, 6) is -2.08. The van der Waals surface area contributed by atoms with Gasteiger partial charge in [0.25, 0.3) is 0 Å². The number of fused-ring (bicyclic) bond motifs is 1. The van der Waals surface area contributed by atoms with E-state index in [0.29, 0.717) is 22.1 Å². The van der Waals surface area contributed by atoms with Crippen molar-refractivity contribution in [3.8, 4) is 6.07 Å². The number of carbonyl (C=O) groups is 2. The van der Waals surface area contributed by atoms with Gasteiger partial charge in [0.15, 0.2) is 5.78 Å². The second-order valence-electron chi connectivity index (χ2n) is 7.56. The standard InChI is InChI=1S/C27H21N3O2/c1-17-11-13-18(14-12-17)24(25(29)26(31)19-7-3-2-4-8-19)21(15-28)27(32)22-16-30-23-10-6-5-9-20(22)23/h2-14,16,21,30H,29H2,1H3/b25-24-. The Morgan fingerprint density at radius 1 is 0.906 bits per heavy atom. The number of rotatable bonds is 6. The number of aromatic nitrogens is 1. The lowest BCUT2D eigenvalue weighted by Crippen LogP contribution is -2.22. The van der Waals surface area contributed by atoms with Crippen LogP contribution < -0.4 is 5.73 Å². The van der Waals surface area contributed by atoms with Crippen molar-refractivity contribution in [2.45, 2.75) is 6.92 Å². The molecular weight excluding hydrogens is 398 g/mol. The fraction of sp³-hybridized carbons (Fsp3) is 0.0741. The lowest BCUT2D eigenvalue weighted by atomic mass is 9.84. The van der Waals surface area contributed by atoms with Crippen LogP contribution in [-0.4, -0.2) is 16.6 Å². The zero-order valence-corrected chi connectivity index (χ0v) is 17.5. The second-order valence-corrected chi connectivity index (χ2v) is 7.56. The van der Waals surface area contributed by atoms with Crippen LogP contribution in [0.15, 0.2) is 90.8 Å². The Labute approximate surface area is 185 Å². The van der Waals surface area contributed by atoms with E-state index in [1.54, 1.807) is 48.7 Å². The van der Waals surface area contributed by atoms with E-state index >= 15 is 0 Å². The number of benzene rings is 3. The summed E-state index contributed by atoms with van der Waals surface area (Å²) in [7, 11) is 0. The van der Waals surface area contributed by atoms with E-state index in [9.17, 15) is 14.9 Å². The number of H-pyrrole nitrogens is 1. The molecule has 0 saturated heterocycles. The summed E-state index contributed by atoms with van der Waals surface area (Å²) in [5.41, 5.74) is 9.62. The van der Waals surface area contributed by atoms with Crippen LogP contribution in [0.4, 0.5) is 0 Å². The number of nitrogens with one attached hydrogen (secondary N) is 1. The van der Waals surface area contributed by atoms with Crippen LogP contribution in [0.1, 0.15) is 31.8 Å². The van der Waals surface area contributed by atoms with Crippen LogP contribution in [0.5, 0.6) is 0 Å². The van der Waals surface area contributed by atoms with E-state index in [4.69, 9.17) is 5.73 Å². The van der Waals surface area contributed by atoms with Gasteiger partial charge in [-0.3, -0.25) is 9.59 Å². The van der Waals surface area contributed by atoms with Gasteiger partial charge < -0.3 is 10.7 Å². The van der Waals surface area contributed by atoms with Crippen molar-refractivity contribution in [1.82, 2.24) is 4.98 Å². The Morgan fingerprint density at radius 2 is 1.56 bits per heavy atom. The first kappa shape index (κ1) is 20.8. The number of hydrogen-bond acceptors (Lipinski definition) is 4. The number of nitrogens with zero attached hydrogens (tertiary/aromatic N) is 1. The number of Topliss-reactive ketones (excluding diaryl/α,β-unsaturated/α-hetero) is 2. The first-order valence-electron chi connectivity index (χ1n) is 10.2. The third-order valence-electron chi connectivity index (χ3n) is 5.47. The molecule has 5 nitrogen and oxygen atoms in total. The monoisotopic (exact) mass is 419 g/mol. The lowest BCUT2D eigenvalue weighted by molar-refractivity contribution is 0.0973. The number of ketones is 2. The first-order valence-corrected chi connectivity index (χ1v) is 10.2. The Morgan fingerprint density at radius 3 is 2.25 bits per heavy atom. The molecule has 1 aromatic heterocycles. The maximum absolute atomic E-state index is 13.6. The highest BCUT2D eigenvalue weighted by Gasteiger charge is 2.31. The molecule has 0 saturated carbocycles. The SMILES string of the molecule is Cc1ccc(/C(=C(/N)C(=O)c2ccccc2)C(C#N)C(=O)c2c[nH]c3ccccc23)cc1. The normalized spacial score (nSPS) is 12.6. The molecule has 0 bridgehead atoms. The Hall–Kier alpha value is -4.43. The van der Waals surface area contributed by atoms with Gasteiger partial charge in [0.2, 0.25) is 5.78 Å². The minimum atomic E-state index is -1.25. The highest BCUT2D eigenvalue weighted by molar-refractivity contribution is 6.18. The summed E-state index contributed by atoms with van der Waals surface area (Å²) in [6.45, 7) is 1.94. The number of allylic oxidation sites excluding steroid dienone is 2. The largest absolute Gasteiger partial charge is 0.395 e. The first-order chi connectivity index (χ1) is 15.5. The third-order valence-corrected chi connectivity index (χ3v) is 5.47. The van der Waals surface area contributed by atoms with Crippen LogP contribution in [0.3, 0.4) is 0 Å². The van der Waals surface area contributed by atoms with Crippen molar-refractivity contribution in [1.29, 1.82) is 5.26 Å². The zero-order chi connectivity index (χ0) is 22.7. The average molecular weight is 419 g/mol. The Kier molecular flexibility index (Phi) is 5.69. The van der Waals surface area contributed by atoms with Gasteiger partial charge in [-0.25, -0.2) is 0 Å². The molecule has 3 N–H and O–H groups in total. The molecule has 5 heteroatoms. The number of aryl methyl sites for hydroxylation is 1. The van der Waals surface area contributed by atoms with Crippen molar-refractivity contribution in [2.24, 2.45) is 11.7 Å². The number of nitriles is 1. The molecule has 3 aromatic carbocycles. The van der Waals surface area contributed by atoms with E-state index in [1.165, 1.54) is 0 Å². The zero-order valence-electron chi connectivity index (χ0n) is 17.5. The number of para-hydroxylation sites is 1. The van der Waals surface area contributed by atoms with Gasteiger partial charge in [-0.05, 0) is 18.6 Å². The molecule has 1 unspecified atom stereocenters. The van der Waals surface area contributed by atoms with Crippen LogP contribution in [0.2, 0.25) is 0 Å². The minimum absolute atomic E-state index is 0.111. The average Bonchev–Trinajstić information content (AvgIpc) is 3.27. The molecule has 32 heavy (non-hydrogen) atoms. The molecule has 0 fully saturated rings. The molecule has 0 amide bonds. The van der Waals surface area contributed by atoms with Gasteiger partial charge in [-0.1, -0.05) is 78.4 Å². The fourth-order valence-electron chi connectivity index (χ4n) is 3.76. The molecule has 4 aromatic rings. The number of hydrogen-bond donors (Lipinski definition) is 2. The molecule has 0 spiro atoms. The van der Waals surface area contributed by atoms with Crippen LogP contribution >= 0.6 is 0 Å². The minimum Gasteiger partial charge on any atom is -0.395 e. The molecule has 0 radical (unpaired) electrons. The van der Waals surface area contributed by atoms with Gasteiger partial charge in [0, 0.05) is 33.8 Å². The fourth-order valence-corrected chi connectivity index (χ4v) is 3.76. The molecular formula is C27H21N3O2. The van der Waals surface area contributed by atoms with E-state index in [2.05, 4.69) is 11.1 Å². The van der Waals surface area contributed by atoms with Gasteiger partial charge in [0.1, 0.15) is 5.92 Å². The second kappa shape index (κ2) is 8.75. The van der Waals surface area contributed by atoms with Gasteiger partial charge >= 0.3 is 0 Å². The summed E-state index contributed by atoms with van der Waals surface area (Å²) >= 11 is 0. The van der Waals surface area contributed by atoms with E-state index in [-0.39, 0.29) is 11.3 Å². The molecule has 1 heterocycles. The molecule has 0 aliphatic rings. The summed E-state index contributed by atoms with van der Waals surface area (Å²) in [6, 6.07) is 25.4. The maximum atomic E-state index is 13.6. The summed E-state index contributed by atoms with van der Waals surface area (Å²) in [4.78, 5) is 29.8. The van der Waals surface area contributed by atoms with Gasteiger partial charge in [-0.15, -0.1) is 0 Å². The van der Waals surface area contributed by atoms with Crippen molar-refractivity contribution in [3.63, 3.8) is 0 Å². The summed E-state index contributed by atoms with van der Waals surface area (Å²) in [6.07, 6.45) is 1.60. The van der Waals surface area contributed by atoms with Crippen molar-refractivity contribution in [2.75, 3.05) is 0 Å². The highest BCUT2D eigenvalue weighted by atomic mass is 16.1. The predicted octanol–water partition coefficient (Wildman–Crippen LogP) is 5.05. The molecule has 156 valence electrons. The quantitative estimate of drug-likeness (QED) is 0.337. The summed E-state index contributed by atoms with van der Waals surface area (Å²) in [5, 5.41) is 10.8. The topological polar surface area (TPSA) is 99.7 Å².